The maximum Gasteiger partial charge on any atom is 0.290 e. The van der Waals surface area contributed by atoms with Crippen molar-refractivity contribution < 1.29 is 9.59 Å². The number of amides is 1. The Morgan fingerprint density at radius 1 is 1.20 bits per heavy atom. The Hall–Kier alpha value is -0.860. The van der Waals surface area contributed by atoms with Crippen molar-refractivity contribution in [2.75, 3.05) is 13.1 Å². The van der Waals surface area contributed by atoms with E-state index in [0.29, 0.717) is 13.0 Å². The summed E-state index contributed by atoms with van der Waals surface area (Å²) < 4.78 is 0. The van der Waals surface area contributed by atoms with Crippen molar-refractivity contribution in [2.45, 2.75) is 45.4 Å². The van der Waals surface area contributed by atoms with Gasteiger partial charge in [-0.25, -0.2) is 0 Å². The molecule has 0 spiro atoms. The summed E-state index contributed by atoms with van der Waals surface area (Å²) in [5.74, 6) is -0.448. The van der Waals surface area contributed by atoms with Gasteiger partial charge in [0, 0.05) is 19.5 Å². The van der Waals surface area contributed by atoms with Crippen molar-refractivity contribution in [2.24, 2.45) is 5.41 Å². The molecule has 3 nitrogen and oxygen atoms in total. The van der Waals surface area contributed by atoms with Crippen molar-refractivity contribution in [3.63, 3.8) is 0 Å². The molecular weight excluding hydrogens is 190 g/mol. The molecule has 0 aromatic carbocycles. The summed E-state index contributed by atoms with van der Waals surface area (Å²) in [6.07, 6.45) is 6.69. The lowest BCUT2D eigenvalue weighted by molar-refractivity contribution is -0.140. The van der Waals surface area contributed by atoms with E-state index in [1.807, 2.05) is 0 Å². The van der Waals surface area contributed by atoms with E-state index in [1.165, 1.54) is 32.1 Å². The Balaban J connectivity index is 1.96. The van der Waals surface area contributed by atoms with E-state index in [0.717, 1.165) is 6.54 Å². The lowest BCUT2D eigenvalue weighted by atomic mass is 9.75. The molecular formula is C12H19NO2. The van der Waals surface area contributed by atoms with Crippen LogP contribution in [0.25, 0.3) is 0 Å². The molecule has 2 fully saturated rings. The second-order valence-electron chi connectivity index (χ2n) is 5.27. The summed E-state index contributed by atoms with van der Waals surface area (Å²) in [4.78, 5) is 24.4. The van der Waals surface area contributed by atoms with Crippen molar-refractivity contribution in [1.82, 2.24) is 4.90 Å². The quantitative estimate of drug-likeness (QED) is 0.650. The third-order valence-corrected chi connectivity index (χ3v) is 3.77. The van der Waals surface area contributed by atoms with E-state index in [9.17, 15) is 9.59 Å². The number of hydrogen-bond donors (Lipinski definition) is 0. The van der Waals surface area contributed by atoms with Gasteiger partial charge in [0.25, 0.3) is 5.91 Å². The molecule has 1 aliphatic carbocycles. The topological polar surface area (TPSA) is 37.4 Å². The number of carbonyl (C=O) groups is 2. The fourth-order valence-electron chi connectivity index (χ4n) is 2.80. The lowest BCUT2D eigenvalue weighted by Gasteiger charge is -2.36. The van der Waals surface area contributed by atoms with Crippen LogP contribution in [0, 0.1) is 5.41 Å². The number of ketones is 1. The zero-order valence-corrected chi connectivity index (χ0v) is 9.42. The highest BCUT2D eigenvalue weighted by Gasteiger charge is 2.35. The van der Waals surface area contributed by atoms with Crippen LogP contribution >= 0.6 is 0 Å². The fraction of sp³-hybridized carbons (Fsp3) is 0.833. The average molecular weight is 209 g/mol. The van der Waals surface area contributed by atoms with Gasteiger partial charge in [-0.1, -0.05) is 26.2 Å². The van der Waals surface area contributed by atoms with Gasteiger partial charge in [-0.2, -0.15) is 0 Å². The Morgan fingerprint density at radius 3 is 2.40 bits per heavy atom. The minimum Gasteiger partial charge on any atom is -0.335 e. The highest BCUT2D eigenvalue weighted by atomic mass is 16.2. The molecule has 0 bridgehead atoms. The average Bonchev–Trinajstić information content (AvgIpc) is 2.50. The SMILES string of the molecule is CC1(CN2CCC(=O)C2=O)CCCCC1. The van der Waals surface area contributed by atoms with Gasteiger partial charge in [0.2, 0.25) is 5.78 Å². The largest absolute Gasteiger partial charge is 0.335 e. The van der Waals surface area contributed by atoms with E-state index in [-0.39, 0.29) is 17.1 Å². The highest BCUT2D eigenvalue weighted by Crippen LogP contribution is 2.36. The van der Waals surface area contributed by atoms with Crippen LogP contribution in [-0.4, -0.2) is 29.7 Å². The smallest absolute Gasteiger partial charge is 0.290 e. The molecule has 84 valence electrons. The molecule has 0 aromatic rings. The molecule has 2 aliphatic rings. The van der Waals surface area contributed by atoms with Gasteiger partial charge in [-0.05, 0) is 18.3 Å². The van der Waals surface area contributed by atoms with Crippen LogP contribution in [0.4, 0.5) is 0 Å². The van der Waals surface area contributed by atoms with Gasteiger partial charge in [0.15, 0.2) is 0 Å². The molecule has 1 saturated carbocycles. The number of carbonyl (C=O) groups excluding carboxylic acids is 2. The molecule has 1 heterocycles. The Bertz CT molecular complexity index is 279. The van der Waals surface area contributed by atoms with Crippen LogP contribution in [0.15, 0.2) is 0 Å². The molecule has 0 unspecified atom stereocenters. The Kier molecular flexibility index (Phi) is 2.81. The second kappa shape index (κ2) is 3.95. The van der Waals surface area contributed by atoms with Crippen molar-refractivity contribution in [1.29, 1.82) is 0 Å². The molecule has 1 aliphatic heterocycles. The molecule has 0 atom stereocenters. The molecule has 1 amide bonds. The van der Waals surface area contributed by atoms with Crippen LogP contribution in [0.5, 0.6) is 0 Å². The van der Waals surface area contributed by atoms with Gasteiger partial charge in [0.1, 0.15) is 0 Å². The normalized spacial score (nSPS) is 26.1. The molecule has 0 aromatic heterocycles. The summed E-state index contributed by atoms with van der Waals surface area (Å²) in [6.45, 7) is 3.69. The first-order chi connectivity index (χ1) is 7.11. The van der Waals surface area contributed by atoms with Gasteiger partial charge in [-0.3, -0.25) is 9.59 Å². The zero-order chi connectivity index (χ0) is 10.9. The lowest BCUT2D eigenvalue weighted by Crippen LogP contribution is -2.39. The van der Waals surface area contributed by atoms with Crippen LogP contribution in [0.1, 0.15) is 45.4 Å². The minimum absolute atomic E-state index is 0.200. The van der Waals surface area contributed by atoms with Gasteiger partial charge in [0.05, 0.1) is 0 Å². The number of rotatable bonds is 2. The molecule has 15 heavy (non-hydrogen) atoms. The predicted molar refractivity (Wildman–Crippen MR) is 57.4 cm³/mol. The molecule has 1 saturated heterocycles. The number of Topliss-reactive ketones (excluding diaryl/α,β-unsaturated/α-hetero) is 1. The first-order valence-corrected chi connectivity index (χ1v) is 5.93. The van der Waals surface area contributed by atoms with Crippen LogP contribution < -0.4 is 0 Å². The van der Waals surface area contributed by atoms with E-state index in [4.69, 9.17) is 0 Å². The third-order valence-electron chi connectivity index (χ3n) is 3.77. The third kappa shape index (κ3) is 2.21. The van der Waals surface area contributed by atoms with E-state index in [1.54, 1.807) is 4.90 Å². The van der Waals surface area contributed by atoms with E-state index in [2.05, 4.69) is 6.92 Å². The highest BCUT2D eigenvalue weighted by molar-refractivity contribution is 6.37. The number of nitrogens with zero attached hydrogens (tertiary/aromatic N) is 1. The summed E-state index contributed by atoms with van der Waals surface area (Å²) >= 11 is 0. The van der Waals surface area contributed by atoms with Crippen molar-refractivity contribution in [3.8, 4) is 0 Å². The van der Waals surface area contributed by atoms with Crippen molar-refractivity contribution >= 4 is 11.7 Å². The van der Waals surface area contributed by atoms with E-state index < -0.39 is 0 Å². The zero-order valence-electron chi connectivity index (χ0n) is 9.42. The van der Waals surface area contributed by atoms with Gasteiger partial charge < -0.3 is 4.90 Å². The second-order valence-corrected chi connectivity index (χ2v) is 5.27. The van der Waals surface area contributed by atoms with Crippen molar-refractivity contribution in [3.05, 3.63) is 0 Å². The maximum atomic E-state index is 11.5. The molecule has 3 heteroatoms. The predicted octanol–water partition coefficient (Wildman–Crippen LogP) is 1.76. The van der Waals surface area contributed by atoms with E-state index >= 15 is 0 Å². The number of likely N-dealkylation sites (tertiary alicyclic amines) is 1. The van der Waals surface area contributed by atoms with Crippen LogP contribution in [0.2, 0.25) is 0 Å². The monoisotopic (exact) mass is 209 g/mol. The Morgan fingerprint density at radius 2 is 1.87 bits per heavy atom. The van der Waals surface area contributed by atoms with Crippen LogP contribution in [-0.2, 0) is 9.59 Å². The first kappa shape index (κ1) is 10.7. The minimum atomic E-state index is -0.248. The molecule has 0 radical (unpaired) electrons. The maximum absolute atomic E-state index is 11.5. The first-order valence-electron chi connectivity index (χ1n) is 5.93. The summed E-state index contributed by atoms with van der Waals surface area (Å²) in [6, 6.07) is 0. The van der Waals surface area contributed by atoms with Gasteiger partial charge in [-0.15, -0.1) is 0 Å². The summed E-state index contributed by atoms with van der Waals surface area (Å²) in [7, 11) is 0. The molecule has 2 rings (SSSR count). The van der Waals surface area contributed by atoms with Crippen LogP contribution in [0.3, 0.4) is 0 Å². The Labute approximate surface area is 90.8 Å². The number of hydrogen-bond acceptors (Lipinski definition) is 2. The standard InChI is InChI=1S/C12H19NO2/c1-12(6-3-2-4-7-12)9-13-8-5-10(14)11(13)15/h2-9H2,1H3. The fourth-order valence-corrected chi connectivity index (χ4v) is 2.80. The molecule has 0 N–H and O–H groups in total. The van der Waals surface area contributed by atoms with Gasteiger partial charge >= 0.3 is 0 Å². The summed E-state index contributed by atoms with van der Waals surface area (Å²) in [5.41, 5.74) is 0.262. The summed E-state index contributed by atoms with van der Waals surface area (Å²) in [5, 5.41) is 0.